The molecule has 0 aliphatic rings. The highest BCUT2D eigenvalue weighted by Gasteiger charge is 2.26. The summed E-state index contributed by atoms with van der Waals surface area (Å²) in [7, 11) is 1.26. The Balaban J connectivity index is 2.54. The number of carbonyl (C=O) groups is 3. The topological polar surface area (TPSA) is 94.6 Å². The minimum atomic E-state index is -0.762. The number of rotatable bonds is 7. The van der Waals surface area contributed by atoms with Crippen molar-refractivity contribution in [1.29, 1.82) is 0 Å². The lowest BCUT2D eigenvalue weighted by atomic mass is 9.99. The molecule has 0 aliphatic carbocycles. The van der Waals surface area contributed by atoms with Gasteiger partial charge in [0.1, 0.15) is 6.04 Å². The average Bonchev–Trinajstić information content (AvgIpc) is 2.56. The fraction of sp³-hybridized carbons (Fsp3) is 0.467. The first-order chi connectivity index (χ1) is 10.5. The summed E-state index contributed by atoms with van der Waals surface area (Å²) in [6.07, 6.45) is 3.59. The van der Waals surface area contributed by atoms with E-state index in [0.29, 0.717) is 12.0 Å². The predicted molar refractivity (Wildman–Crippen MR) is 77.9 cm³/mol. The molecule has 22 heavy (non-hydrogen) atoms. The molecule has 1 amide bonds. The van der Waals surface area contributed by atoms with Gasteiger partial charge in [0.05, 0.1) is 12.7 Å². The molecule has 0 radical (unpaired) electrons. The summed E-state index contributed by atoms with van der Waals surface area (Å²) >= 11 is 0. The second-order valence-electron chi connectivity index (χ2n) is 4.77. The third-order valence-electron chi connectivity index (χ3n) is 3.23. The van der Waals surface area contributed by atoms with E-state index < -0.39 is 30.5 Å². The fourth-order valence-corrected chi connectivity index (χ4v) is 1.71. The number of hydrogen-bond acceptors (Lipinski definition) is 6. The number of carbonyl (C=O) groups excluding carboxylic acids is 3. The van der Waals surface area contributed by atoms with Crippen LogP contribution in [0.25, 0.3) is 0 Å². The zero-order chi connectivity index (χ0) is 16.5. The van der Waals surface area contributed by atoms with Gasteiger partial charge < -0.3 is 14.8 Å². The molecule has 0 saturated carbocycles. The van der Waals surface area contributed by atoms with E-state index in [0.717, 1.165) is 0 Å². The van der Waals surface area contributed by atoms with E-state index >= 15 is 0 Å². The molecular formula is C15H20N2O5. The Kier molecular flexibility index (Phi) is 7.01. The van der Waals surface area contributed by atoms with Crippen LogP contribution in [-0.4, -0.2) is 42.6 Å². The third-order valence-corrected chi connectivity index (χ3v) is 3.23. The van der Waals surface area contributed by atoms with Crippen molar-refractivity contribution < 1.29 is 23.9 Å². The van der Waals surface area contributed by atoms with Gasteiger partial charge >= 0.3 is 11.9 Å². The molecule has 7 nitrogen and oxygen atoms in total. The van der Waals surface area contributed by atoms with Gasteiger partial charge in [0.15, 0.2) is 6.61 Å². The van der Waals surface area contributed by atoms with E-state index in [2.05, 4.69) is 15.0 Å². The molecule has 0 bridgehead atoms. The highest BCUT2D eigenvalue weighted by Crippen LogP contribution is 2.09. The van der Waals surface area contributed by atoms with Crippen LogP contribution >= 0.6 is 0 Å². The number of pyridine rings is 1. The van der Waals surface area contributed by atoms with Crippen LogP contribution in [0.2, 0.25) is 0 Å². The third kappa shape index (κ3) is 5.16. The van der Waals surface area contributed by atoms with Crippen molar-refractivity contribution in [2.75, 3.05) is 13.7 Å². The number of ether oxygens (including phenoxy) is 2. The van der Waals surface area contributed by atoms with Gasteiger partial charge in [-0.15, -0.1) is 0 Å². The molecule has 2 atom stereocenters. The van der Waals surface area contributed by atoms with Crippen LogP contribution in [0.1, 0.15) is 30.6 Å². The van der Waals surface area contributed by atoms with E-state index in [1.54, 1.807) is 0 Å². The van der Waals surface area contributed by atoms with Crippen LogP contribution in [0.15, 0.2) is 24.5 Å². The zero-order valence-electron chi connectivity index (χ0n) is 12.9. The summed E-state index contributed by atoms with van der Waals surface area (Å²) in [6.45, 7) is 3.26. The summed E-state index contributed by atoms with van der Waals surface area (Å²) in [5.41, 5.74) is 0.300. The monoisotopic (exact) mass is 308 g/mol. The van der Waals surface area contributed by atoms with Gasteiger partial charge in [0.25, 0.3) is 5.91 Å². The Morgan fingerprint density at radius 1 is 1.27 bits per heavy atom. The van der Waals surface area contributed by atoms with Gasteiger partial charge in [0, 0.05) is 12.4 Å². The average molecular weight is 308 g/mol. The summed E-state index contributed by atoms with van der Waals surface area (Å²) in [6, 6.07) is 2.20. The first-order valence-electron chi connectivity index (χ1n) is 6.93. The van der Waals surface area contributed by atoms with Crippen molar-refractivity contribution in [3.63, 3.8) is 0 Å². The number of methoxy groups -OCH3 is 1. The van der Waals surface area contributed by atoms with E-state index in [1.807, 2.05) is 13.8 Å². The normalized spacial score (nSPS) is 12.9. The molecule has 0 unspecified atom stereocenters. The fourth-order valence-electron chi connectivity index (χ4n) is 1.71. The van der Waals surface area contributed by atoms with Crippen molar-refractivity contribution >= 4 is 17.8 Å². The lowest BCUT2D eigenvalue weighted by Crippen LogP contribution is -2.47. The SMILES string of the molecule is CC[C@@H](C)[C@@H](NC(=O)COC(=O)c1ccncc1)C(=O)OC. The van der Waals surface area contributed by atoms with Crippen molar-refractivity contribution in [3.8, 4) is 0 Å². The molecule has 0 saturated heterocycles. The summed E-state index contributed by atoms with van der Waals surface area (Å²) in [4.78, 5) is 39.0. The van der Waals surface area contributed by atoms with Crippen molar-refractivity contribution in [1.82, 2.24) is 10.3 Å². The molecule has 1 heterocycles. The molecule has 7 heteroatoms. The van der Waals surface area contributed by atoms with Gasteiger partial charge in [-0.3, -0.25) is 9.78 Å². The van der Waals surface area contributed by atoms with Crippen LogP contribution in [0.4, 0.5) is 0 Å². The second-order valence-corrected chi connectivity index (χ2v) is 4.77. The maximum Gasteiger partial charge on any atom is 0.338 e. The smallest absolute Gasteiger partial charge is 0.338 e. The van der Waals surface area contributed by atoms with Crippen LogP contribution in [0, 0.1) is 5.92 Å². The van der Waals surface area contributed by atoms with Gasteiger partial charge in [-0.25, -0.2) is 9.59 Å². The molecule has 1 aromatic rings. The maximum absolute atomic E-state index is 11.8. The second kappa shape index (κ2) is 8.76. The number of nitrogens with zero attached hydrogens (tertiary/aromatic N) is 1. The minimum absolute atomic E-state index is 0.0905. The molecule has 1 N–H and O–H groups in total. The Morgan fingerprint density at radius 2 is 1.91 bits per heavy atom. The highest BCUT2D eigenvalue weighted by atomic mass is 16.5. The molecule has 120 valence electrons. The highest BCUT2D eigenvalue weighted by molar-refractivity contribution is 5.91. The Labute approximate surface area is 129 Å². The number of amides is 1. The molecule has 1 aromatic heterocycles. The van der Waals surface area contributed by atoms with E-state index in [-0.39, 0.29) is 5.92 Å². The number of nitrogens with one attached hydrogen (secondary N) is 1. The van der Waals surface area contributed by atoms with Crippen molar-refractivity contribution in [2.45, 2.75) is 26.3 Å². The van der Waals surface area contributed by atoms with Crippen LogP contribution in [0.3, 0.4) is 0 Å². The molecule has 0 aliphatic heterocycles. The largest absolute Gasteiger partial charge is 0.467 e. The number of aromatic nitrogens is 1. The van der Waals surface area contributed by atoms with Crippen LogP contribution < -0.4 is 5.32 Å². The van der Waals surface area contributed by atoms with E-state index in [9.17, 15) is 14.4 Å². The lowest BCUT2D eigenvalue weighted by Gasteiger charge is -2.21. The van der Waals surface area contributed by atoms with E-state index in [4.69, 9.17) is 4.74 Å². The molecular weight excluding hydrogens is 288 g/mol. The number of hydrogen-bond donors (Lipinski definition) is 1. The summed E-state index contributed by atoms with van der Waals surface area (Å²) in [5, 5.41) is 2.52. The van der Waals surface area contributed by atoms with Crippen LogP contribution in [0.5, 0.6) is 0 Å². The van der Waals surface area contributed by atoms with Gasteiger partial charge in [-0.2, -0.15) is 0 Å². The first-order valence-corrected chi connectivity index (χ1v) is 6.93. The Morgan fingerprint density at radius 3 is 2.45 bits per heavy atom. The standard InChI is InChI=1S/C15H20N2O5/c1-4-10(2)13(15(20)21-3)17-12(18)9-22-14(19)11-5-7-16-8-6-11/h5-8,10,13H,4,9H2,1-3H3,(H,17,18)/t10-,13-/m1/s1. The maximum atomic E-state index is 11.8. The molecule has 0 aromatic carbocycles. The quantitative estimate of drug-likeness (QED) is 0.753. The predicted octanol–water partition coefficient (Wildman–Crippen LogP) is 0.942. The molecule has 0 spiro atoms. The lowest BCUT2D eigenvalue weighted by molar-refractivity contribution is -0.147. The Bertz CT molecular complexity index is 518. The molecule has 1 rings (SSSR count). The van der Waals surface area contributed by atoms with Gasteiger partial charge in [0.2, 0.25) is 0 Å². The zero-order valence-corrected chi connectivity index (χ0v) is 12.9. The van der Waals surface area contributed by atoms with Crippen molar-refractivity contribution in [3.05, 3.63) is 30.1 Å². The minimum Gasteiger partial charge on any atom is -0.467 e. The first kappa shape index (κ1) is 17.6. The van der Waals surface area contributed by atoms with Gasteiger partial charge in [-0.1, -0.05) is 20.3 Å². The van der Waals surface area contributed by atoms with E-state index in [1.165, 1.54) is 31.6 Å². The Hall–Kier alpha value is -2.44. The summed E-state index contributed by atoms with van der Waals surface area (Å²) < 4.78 is 9.55. The number of esters is 2. The van der Waals surface area contributed by atoms with Crippen molar-refractivity contribution in [2.24, 2.45) is 5.92 Å². The van der Waals surface area contributed by atoms with Gasteiger partial charge in [-0.05, 0) is 18.1 Å². The van der Waals surface area contributed by atoms with Crippen LogP contribution in [-0.2, 0) is 19.1 Å². The summed E-state index contributed by atoms with van der Waals surface area (Å²) in [5.74, 6) is -1.80. The molecule has 0 fully saturated rings.